The third kappa shape index (κ3) is 4.49. The Morgan fingerprint density at radius 3 is 1.26 bits per heavy atom. The highest BCUT2D eigenvalue weighted by Gasteiger charge is 2.40. The second kappa shape index (κ2) is 11.6. The van der Waals surface area contributed by atoms with E-state index in [0.29, 0.717) is 65.9 Å². The number of para-hydroxylation sites is 4. The van der Waals surface area contributed by atoms with Crippen molar-refractivity contribution in [1.29, 1.82) is 0 Å². The molecule has 0 saturated heterocycles. The predicted octanol–water partition coefficient (Wildman–Crippen LogP) is 14.6. The summed E-state index contributed by atoms with van der Waals surface area (Å²) in [6, 6.07) is 42.9. The Bertz CT molecular complexity index is 3480. The number of hydrogen-bond acceptors (Lipinski definition) is 2. The fraction of sp³-hybridized carbons (Fsp3) is 0.0204. The standard InChI is InChI=1S/C49H25F5N2O2/c50-28-21-26(22-29(51)25-28)27-23-40(55-38-13-5-1-9-30(38)34-17-19-36-32-11-3-7-15-42(32)57-47(36)45(34)55)44(49(52,53)54)41(24-27)56-39-14-6-2-10-31(39)35-18-20-37-33-12-4-8-16-43(33)58-48(37)46(35)56/h1-25H. The number of alkyl halides is 3. The van der Waals surface area contributed by atoms with Crippen LogP contribution in [0.2, 0.25) is 0 Å². The molecule has 0 spiro atoms. The molecule has 12 aromatic rings. The summed E-state index contributed by atoms with van der Waals surface area (Å²) in [7, 11) is 0. The molecule has 12 rings (SSSR count). The Labute approximate surface area is 324 Å². The summed E-state index contributed by atoms with van der Waals surface area (Å²) in [5, 5.41) is 5.88. The first-order valence-corrected chi connectivity index (χ1v) is 18.6. The molecule has 0 radical (unpaired) electrons. The van der Waals surface area contributed by atoms with Gasteiger partial charge in [-0.15, -0.1) is 0 Å². The summed E-state index contributed by atoms with van der Waals surface area (Å²) in [6.45, 7) is 0. The molecule has 0 atom stereocenters. The number of furan rings is 2. The zero-order valence-corrected chi connectivity index (χ0v) is 30.0. The summed E-state index contributed by atoms with van der Waals surface area (Å²) in [5.41, 5.74) is 2.62. The van der Waals surface area contributed by atoms with Crippen LogP contribution in [0.25, 0.3) is 110 Å². The summed E-state index contributed by atoms with van der Waals surface area (Å²) >= 11 is 0. The lowest BCUT2D eigenvalue weighted by molar-refractivity contribution is -0.137. The third-order valence-electron chi connectivity index (χ3n) is 11.4. The maximum atomic E-state index is 16.5. The number of fused-ring (bicyclic) bond motifs is 14. The van der Waals surface area contributed by atoms with Crippen LogP contribution in [-0.2, 0) is 6.18 Å². The minimum absolute atomic E-state index is 0.0676. The van der Waals surface area contributed by atoms with E-state index in [1.807, 2.05) is 97.1 Å². The molecular formula is C49H25F5N2O2. The van der Waals surface area contributed by atoms with Gasteiger partial charge in [0, 0.05) is 49.2 Å². The smallest absolute Gasteiger partial charge is 0.420 e. The van der Waals surface area contributed by atoms with Crippen LogP contribution < -0.4 is 0 Å². The van der Waals surface area contributed by atoms with Crippen LogP contribution in [0.5, 0.6) is 0 Å². The number of benzene rings is 8. The van der Waals surface area contributed by atoms with Crippen molar-refractivity contribution >= 4 is 87.5 Å². The molecule has 0 aliphatic heterocycles. The Balaban J connectivity index is 1.33. The van der Waals surface area contributed by atoms with Crippen LogP contribution in [0.4, 0.5) is 22.0 Å². The SMILES string of the molecule is Fc1cc(F)cc(-c2cc(-n3c4ccccc4c4ccc5c6ccccc6oc5c43)c(C(F)(F)F)c(-n3c4ccccc4c4ccc5c6ccccc6oc5c43)c2)c1. The van der Waals surface area contributed by atoms with Gasteiger partial charge in [-0.1, -0.05) is 84.9 Å². The van der Waals surface area contributed by atoms with Crippen molar-refractivity contribution in [3.8, 4) is 22.5 Å². The van der Waals surface area contributed by atoms with Gasteiger partial charge in [-0.2, -0.15) is 13.2 Å². The van der Waals surface area contributed by atoms with Crippen molar-refractivity contribution in [2.24, 2.45) is 0 Å². The van der Waals surface area contributed by atoms with Crippen LogP contribution in [-0.4, -0.2) is 9.13 Å². The molecule has 0 amide bonds. The van der Waals surface area contributed by atoms with Gasteiger partial charge in [-0.3, -0.25) is 0 Å². The molecular weight excluding hydrogens is 744 g/mol. The minimum atomic E-state index is -4.96. The van der Waals surface area contributed by atoms with Gasteiger partial charge in [-0.25, -0.2) is 8.78 Å². The largest absolute Gasteiger partial charge is 0.454 e. The molecule has 0 saturated carbocycles. The van der Waals surface area contributed by atoms with Gasteiger partial charge in [0.1, 0.15) is 28.4 Å². The normalized spacial score (nSPS) is 12.6. The molecule has 58 heavy (non-hydrogen) atoms. The Morgan fingerprint density at radius 2 is 0.793 bits per heavy atom. The van der Waals surface area contributed by atoms with Gasteiger partial charge in [0.05, 0.1) is 33.4 Å². The zero-order chi connectivity index (χ0) is 39.0. The van der Waals surface area contributed by atoms with E-state index in [-0.39, 0.29) is 22.5 Å². The molecule has 278 valence electrons. The molecule has 4 aromatic heterocycles. The second-order valence-electron chi connectivity index (χ2n) is 14.6. The van der Waals surface area contributed by atoms with E-state index in [2.05, 4.69) is 0 Å². The van der Waals surface area contributed by atoms with Crippen molar-refractivity contribution in [3.63, 3.8) is 0 Å². The molecule has 0 aliphatic carbocycles. The lowest BCUT2D eigenvalue weighted by Crippen LogP contribution is -2.16. The van der Waals surface area contributed by atoms with Crippen molar-refractivity contribution in [2.75, 3.05) is 0 Å². The molecule has 0 aliphatic rings. The zero-order valence-electron chi connectivity index (χ0n) is 30.0. The maximum absolute atomic E-state index is 16.5. The first-order valence-electron chi connectivity index (χ1n) is 18.6. The molecule has 0 bridgehead atoms. The van der Waals surface area contributed by atoms with Gasteiger partial charge in [0.2, 0.25) is 0 Å². The maximum Gasteiger partial charge on any atom is 0.420 e. The molecule has 0 unspecified atom stereocenters. The summed E-state index contributed by atoms with van der Waals surface area (Å²) < 4.78 is 95.9. The predicted molar refractivity (Wildman–Crippen MR) is 220 cm³/mol. The molecule has 4 heterocycles. The summed E-state index contributed by atoms with van der Waals surface area (Å²) in [4.78, 5) is 0. The first-order chi connectivity index (χ1) is 28.2. The van der Waals surface area contributed by atoms with E-state index < -0.39 is 23.4 Å². The molecule has 8 aromatic carbocycles. The van der Waals surface area contributed by atoms with Gasteiger partial charge in [-0.05, 0) is 71.8 Å². The molecule has 0 fully saturated rings. The van der Waals surface area contributed by atoms with Crippen LogP contribution in [0, 0.1) is 11.6 Å². The number of nitrogens with zero attached hydrogens (tertiary/aromatic N) is 2. The van der Waals surface area contributed by atoms with E-state index in [4.69, 9.17) is 8.83 Å². The number of aromatic nitrogens is 2. The Kier molecular flexibility index (Phi) is 6.55. The highest BCUT2D eigenvalue weighted by Crippen LogP contribution is 2.49. The van der Waals surface area contributed by atoms with E-state index in [1.165, 1.54) is 12.1 Å². The topological polar surface area (TPSA) is 36.1 Å². The summed E-state index contributed by atoms with van der Waals surface area (Å²) in [5.74, 6) is -1.72. The lowest BCUT2D eigenvalue weighted by Gasteiger charge is -2.23. The van der Waals surface area contributed by atoms with Gasteiger partial charge >= 0.3 is 6.18 Å². The molecule has 4 nitrogen and oxygen atoms in total. The number of hydrogen-bond donors (Lipinski definition) is 0. The highest BCUT2D eigenvalue weighted by atomic mass is 19.4. The van der Waals surface area contributed by atoms with Crippen molar-refractivity contribution in [2.45, 2.75) is 6.18 Å². The van der Waals surface area contributed by atoms with Crippen molar-refractivity contribution in [3.05, 3.63) is 169 Å². The van der Waals surface area contributed by atoms with Gasteiger partial charge < -0.3 is 18.0 Å². The highest BCUT2D eigenvalue weighted by molar-refractivity contribution is 6.23. The minimum Gasteiger partial charge on any atom is -0.454 e. The second-order valence-corrected chi connectivity index (χ2v) is 14.6. The van der Waals surface area contributed by atoms with E-state index >= 15 is 22.0 Å². The van der Waals surface area contributed by atoms with E-state index in [0.717, 1.165) is 39.7 Å². The first kappa shape index (κ1) is 32.8. The summed E-state index contributed by atoms with van der Waals surface area (Å²) in [6.07, 6.45) is -4.96. The average molecular weight is 769 g/mol. The third-order valence-corrected chi connectivity index (χ3v) is 11.4. The Morgan fingerprint density at radius 1 is 0.397 bits per heavy atom. The van der Waals surface area contributed by atoms with Crippen LogP contribution in [0.3, 0.4) is 0 Å². The van der Waals surface area contributed by atoms with Gasteiger partial charge in [0.15, 0.2) is 11.2 Å². The fourth-order valence-electron chi connectivity index (χ4n) is 9.10. The van der Waals surface area contributed by atoms with Crippen molar-refractivity contribution < 1.29 is 30.8 Å². The van der Waals surface area contributed by atoms with Crippen LogP contribution in [0.1, 0.15) is 5.56 Å². The van der Waals surface area contributed by atoms with Crippen molar-refractivity contribution in [1.82, 2.24) is 9.13 Å². The molecule has 9 heteroatoms. The van der Waals surface area contributed by atoms with Crippen LogP contribution in [0.15, 0.2) is 160 Å². The van der Waals surface area contributed by atoms with E-state index in [9.17, 15) is 0 Å². The number of halogens is 5. The Hall–Kier alpha value is -7.39. The quantitative estimate of drug-likeness (QED) is 0.168. The van der Waals surface area contributed by atoms with Crippen LogP contribution >= 0.6 is 0 Å². The van der Waals surface area contributed by atoms with Gasteiger partial charge in [0.25, 0.3) is 0 Å². The number of rotatable bonds is 3. The molecule has 0 N–H and O–H groups in total. The van der Waals surface area contributed by atoms with E-state index in [1.54, 1.807) is 33.4 Å². The average Bonchev–Trinajstić information content (AvgIpc) is 3.97. The monoisotopic (exact) mass is 768 g/mol. The lowest BCUT2D eigenvalue weighted by atomic mass is 9.98. The fourth-order valence-corrected chi connectivity index (χ4v) is 9.10.